The molecule has 0 atom stereocenters. The van der Waals surface area contributed by atoms with E-state index in [1.807, 2.05) is 0 Å². The summed E-state index contributed by atoms with van der Waals surface area (Å²) >= 11 is 0. The first kappa shape index (κ1) is 14.4. The van der Waals surface area contributed by atoms with Crippen molar-refractivity contribution in [2.24, 2.45) is 0 Å². The fourth-order valence-electron chi connectivity index (χ4n) is 1.44. The molecule has 0 aliphatic rings. The van der Waals surface area contributed by atoms with E-state index >= 15 is 0 Å². The van der Waals surface area contributed by atoms with Crippen LogP contribution in [0.4, 0.5) is 0 Å². The Kier molecular flexibility index (Phi) is 4.29. The molecular formula is C13H16O4S. The summed E-state index contributed by atoms with van der Waals surface area (Å²) in [7, 11) is -3.29. The molecule has 0 unspecified atom stereocenters. The molecule has 1 rings (SSSR count). The van der Waals surface area contributed by atoms with Crippen molar-refractivity contribution in [1.29, 1.82) is 0 Å². The Bertz CT molecular complexity index is 553. The lowest BCUT2D eigenvalue weighted by molar-refractivity contribution is -0.135. The molecule has 0 fully saturated rings. The molecule has 0 aliphatic carbocycles. The monoisotopic (exact) mass is 268 g/mol. The van der Waals surface area contributed by atoms with Gasteiger partial charge in [0.1, 0.15) is 0 Å². The largest absolute Gasteiger partial charge is 0.481 e. The van der Waals surface area contributed by atoms with Crippen molar-refractivity contribution in [3.05, 3.63) is 36.4 Å². The first-order valence-corrected chi connectivity index (χ1v) is 7.03. The Labute approximate surface area is 107 Å². The molecule has 98 valence electrons. The molecule has 4 nitrogen and oxygen atoms in total. The number of benzene rings is 1. The fourth-order valence-corrected chi connectivity index (χ4v) is 2.50. The number of hydrogen-bond donors (Lipinski definition) is 1. The van der Waals surface area contributed by atoms with Crippen LogP contribution in [0.15, 0.2) is 35.7 Å². The van der Waals surface area contributed by atoms with Gasteiger partial charge in [-0.2, -0.15) is 0 Å². The maximum absolute atomic E-state index is 11.9. The highest BCUT2D eigenvalue weighted by atomic mass is 32.2. The zero-order valence-corrected chi connectivity index (χ0v) is 11.2. The van der Waals surface area contributed by atoms with Crippen LogP contribution in [0.5, 0.6) is 0 Å². The minimum atomic E-state index is -3.29. The fraction of sp³-hybridized carbons (Fsp3) is 0.308. The van der Waals surface area contributed by atoms with Gasteiger partial charge >= 0.3 is 5.97 Å². The molecule has 0 heterocycles. The van der Waals surface area contributed by atoms with Gasteiger partial charge in [-0.1, -0.05) is 18.7 Å². The van der Waals surface area contributed by atoms with E-state index in [0.717, 1.165) is 0 Å². The van der Waals surface area contributed by atoms with Crippen LogP contribution >= 0.6 is 0 Å². The van der Waals surface area contributed by atoms with Crippen molar-refractivity contribution >= 4 is 21.4 Å². The summed E-state index contributed by atoms with van der Waals surface area (Å²) in [5.41, 5.74) is 1.09. The summed E-state index contributed by atoms with van der Waals surface area (Å²) in [5, 5.41) is 8.16. The molecule has 1 aromatic carbocycles. The van der Waals surface area contributed by atoms with E-state index in [2.05, 4.69) is 6.58 Å². The molecule has 1 aromatic rings. The molecule has 0 saturated carbocycles. The average Bonchev–Trinajstić information content (AvgIpc) is 2.28. The molecule has 0 saturated heterocycles. The smallest absolute Gasteiger partial charge is 0.307 e. The Balaban J connectivity index is 3.01. The predicted octanol–water partition coefficient (Wildman–Crippen LogP) is 2.36. The number of sulfone groups is 1. The molecule has 1 N–H and O–H groups in total. The molecule has 0 radical (unpaired) electrons. The third-order valence-electron chi connectivity index (χ3n) is 2.58. The minimum Gasteiger partial charge on any atom is -0.481 e. The van der Waals surface area contributed by atoms with Crippen molar-refractivity contribution in [2.45, 2.75) is 30.4 Å². The van der Waals surface area contributed by atoms with Crippen molar-refractivity contribution in [3.63, 3.8) is 0 Å². The molecule has 0 amide bonds. The third-order valence-corrected chi connectivity index (χ3v) is 4.75. The summed E-state index contributed by atoms with van der Waals surface area (Å²) in [5.74, 6) is -0.959. The van der Waals surface area contributed by atoms with Gasteiger partial charge in [-0.15, -0.1) is 0 Å². The van der Waals surface area contributed by atoms with Crippen LogP contribution in [0.25, 0.3) is 5.57 Å². The van der Waals surface area contributed by atoms with E-state index < -0.39 is 21.1 Å². The van der Waals surface area contributed by atoms with Gasteiger partial charge in [0.2, 0.25) is 0 Å². The lowest BCUT2D eigenvalue weighted by atomic mass is 10.1. The second kappa shape index (κ2) is 5.35. The number of carbonyl (C=O) groups is 1. The highest BCUT2D eigenvalue weighted by Crippen LogP contribution is 2.21. The summed E-state index contributed by atoms with van der Waals surface area (Å²) in [4.78, 5) is 10.8. The van der Waals surface area contributed by atoms with Crippen molar-refractivity contribution in [2.75, 3.05) is 0 Å². The highest BCUT2D eigenvalue weighted by molar-refractivity contribution is 7.92. The lowest BCUT2D eigenvalue weighted by Gasteiger charge is -2.09. The van der Waals surface area contributed by atoms with Crippen LogP contribution in [0.1, 0.15) is 25.8 Å². The minimum absolute atomic E-state index is 0.156. The van der Waals surface area contributed by atoms with Crippen LogP contribution in [-0.4, -0.2) is 24.7 Å². The van der Waals surface area contributed by atoms with E-state index in [1.54, 1.807) is 26.0 Å². The van der Waals surface area contributed by atoms with E-state index in [-0.39, 0.29) is 11.3 Å². The van der Waals surface area contributed by atoms with Crippen LogP contribution in [0, 0.1) is 0 Å². The Morgan fingerprint density at radius 3 is 2.17 bits per heavy atom. The number of aliphatic carboxylic acids is 1. The van der Waals surface area contributed by atoms with Crippen molar-refractivity contribution in [3.8, 4) is 0 Å². The van der Waals surface area contributed by atoms with Crippen LogP contribution in [0.3, 0.4) is 0 Å². The Morgan fingerprint density at radius 2 is 1.78 bits per heavy atom. The van der Waals surface area contributed by atoms with E-state index in [0.29, 0.717) is 11.1 Å². The number of rotatable bonds is 5. The van der Waals surface area contributed by atoms with Gasteiger partial charge in [-0.25, -0.2) is 8.42 Å². The van der Waals surface area contributed by atoms with Gasteiger partial charge < -0.3 is 5.11 Å². The Morgan fingerprint density at radius 1 is 1.28 bits per heavy atom. The normalized spacial score (nSPS) is 11.5. The van der Waals surface area contributed by atoms with Gasteiger partial charge in [-0.3, -0.25) is 4.79 Å². The molecule has 0 spiro atoms. The van der Waals surface area contributed by atoms with Crippen LogP contribution in [-0.2, 0) is 14.6 Å². The number of hydrogen-bond acceptors (Lipinski definition) is 3. The summed E-state index contributed by atoms with van der Waals surface area (Å²) in [6.45, 7) is 6.90. The standard InChI is InChI=1S/C13H16O4S/c1-9(2)18(16,17)12-6-4-11(5-7-12)10(3)8-13(14)15/h4-7,9H,3,8H2,1-2H3,(H,14,15). The maximum atomic E-state index is 11.9. The SMILES string of the molecule is C=C(CC(=O)O)c1ccc(S(=O)(=O)C(C)C)cc1. The summed E-state index contributed by atoms with van der Waals surface area (Å²) in [6, 6.07) is 6.14. The van der Waals surface area contributed by atoms with Crippen molar-refractivity contribution in [1.82, 2.24) is 0 Å². The van der Waals surface area contributed by atoms with Gasteiger partial charge in [0.15, 0.2) is 9.84 Å². The van der Waals surface area contributed by atoms with E-state index in [9.17, 15) is 13.2 Å². The molecule has 5 heteroatoms. The first-order chi connectivity index (χ1) is 8.25. The van der Waals surface area contributed by atoms with Crippen LogP contribution in [0.2, 0.25) is 0 Å². The van der Waals surface area contributed by atoms with Gasteiger partial charge in [0.25, 0.3) is 0 Å². The molecule has 0 bridgehead atoms. The summed E-state index contributed by atoms with van der Waals surface area (Å²) in [6.07, 6.45) is -0.156. The molecular weight excluding hydrogens is 252 g/mol. The zero-order valence-electron chi connectivity index (χ0n) is 10.4. The molecule has 0 aromatic heterocycles. The van der Waals surface area contributed by atoms with Crippen LogP contribution < -0.4 is 0 Å². The molecule has 18 heavy (non-hydrogen) atoms. The van der Waals surface area contributed by atoms with Gasteiger partial charge in [0.05, 0.1) is 16.6 Å². The topological polar surface area (TPSA) is 71.4 Å². The highest BCUT2D eigenvalue weighted by Gasteiger charge is 2.18. The maximum Gasteiger partial charge on any atom is 0.307 e. The zero-order chi connectivity index (χ0) is 13.9. The van der Waals surface area contributed by atoms with E-state index in [1.165, 1.54) is 12.1 Å². The van der Waals surface area contributed by atoms with Crippen molar-refractivity contribution < 1.29 is 18.3 Å². The first-order valence-electron chi connectivity index (χ1n) is 5.49. The number of carboxylic acids is 1. The molecule has 0 aliphatic heterocycles. The lowest BCUT2D eigenvalue weighted by Crippen LogP contribution is -2.13. The predicted molar refractivity (Wildman–Crippen MR) is 70.1 cm³/mol. The Hall–Kier alpha value is -1.62. The second-order valence-corrected chi connectivity index (χ2v) is 6.80. The number of carboxylic acid groups (broad SMARTS) is 1. The van der Waals surface area contributed by atoms with Gasteiger partial charge in [0, 0.05) is 0 Å². The third kappa shape index (κ3) is 3.20. The van der Waals surface area contributed by atoms with E-state index in [4.69, 9.17) is 5.11 Å². The second-order valence-electron chi connectivity index (χ2n) is 4.29. The summed E-state index contributed by atoms with van der Waals surface area (Å²) < 4.78 is 23.7. The van der Waals surface area contributed by atoms with Gasteiger partial charge in [-0.05, 0) is 37.1 Å². The quantitative estimate of drug-likeness (QED) is 0.889. The average molecular weight is 268 g/mol.